The Morgan fingerprint density at radius 2 is 2.19 bits per heavy atom. The van der Waals surface area contributed by atoms with Gasteiger partial charge in [-0.2, -0.15) is 4.98 Å². The molecule has 0 saturated carbocycles. The fraction of sp³-hybridized carbons (Fsp3) is 0.444. The highest BCUT2D eigenvalue weighted by atomic mass is 35.5. The fourth-order valence-electron chi connectivity index (χ4n) is 0.981. The average Bonchev–Trinajstić information content (AvgIpc) is 2.22. The average molecular weight is 263 g/mol. The molecular weight excluding hydrogens is 251 g/mol. The molecule has 0 fully saturated rings. The van der Waals surface area contributed by atoms with Crippen LogP contribution >= 0.6 is 23.2 Å². The van der Waals surface area contributed by atoms with Gasteiger partial charge < -0.3 is 10.2 Å². The monoisotopic (exact) mass is 262 g/mol. The maximum atomic E-state index is 11.3. The summed E-state index contributed by atoms with van der Waals surface area (Å²) in [5.74, 6) is 0.469. The van der Waals surface area contributed by atoms with Crippen LogP contribution in [0.3, 0.4) is 0 Å². The number of aromatic nitrogens is 2. The Hall–Kier alpha value is -1.07. The molecule has 1 N–H and O–H groups in total. The van der Waals surface area contributed by atoms with Gasteiger partial charge in [-0.15, -0.1) is 0 Å². The third kappa shape index (κ3) is 3.83. The first kappa shape index (κ1) is 13.0. The van der Waals surface area contributed by atoms with Crippen LogP contribution in [0.1, 0.15) is 6.42 Å². The zero-order valence-electron chi connectivity index (χ0n) is 9.00. The molecule has 0 unspecified atom stereocenters. The molecule has 0 bridgehead atoms. The number of halogens is 2. The second-order valence-corrected chi connectivity index (χ2v) is 4.05. The van der Waals surface area contributed by atoms with E-state index in [1.54, 1.807) is 14.1 Å². The van der Waals surface area contributed by atoms with E-state index in [0.29, 0.717) is 23.8 Å². The zero-order valence-corrected chi connectivity index (χ0v) is 10.5. The van der Waals surface area contributed by atoms with Crippen molar-refractivity contribution in [3.8, 4) is 0 Å². The lowest BCUT2D eigenvalue weighted by Gasteiger charge is -2.11. The Labute approximate surface area is 104 Å². The maximum Gasteiger partial charge on any atom is 0.224 e. The molecule has 0 aliphatic heterocycles. The number of carbonyl (C=O) groups excluding carboxylic acids is 1. The van der Waals surface area contributed by atoms with Crippen LogP contribution in [0, 0.1) is 0 Å². The van der Waals surface area contributed by atoms with Crippen LogP contribution in [0.2, 0.25) is 10.3 Å². The molecule has 0 atom stereocenters. The van der Waals surface area contributed by atoms with Gasteiger partial charge in [-0.25, -0.2) is 4.98 Å². The summed E-state index contributed by atoms with van der Waals surface area (Å²) in [7, 11) is 3.41. The molecule has 0 radical (unpaired) electrons. The normalized spacial score (nSPS) is 10.0. The Bertz CT molecular complexity index is 384. The SMILES string of the molecule is CN(C)C(=O)CCNc1nc(Cl)ncc1Cl. The van der Waals surface area contributed by atoms with E-state index in [1.807, 2.05) is 0 Å². The van der Waals surface area contributed by atoms with Crippen molar-refractivity contribution in [2.45, 2.75) is 6.42 Å². The smallest absolute Gasteiger partial charge is 0.224 e. The molecule has 1 heterocycles. The molecule has 0 spiro atoms. The van der Waals surface area contributed by atoms with Crippen molar-refractivity contribution in [2.24, 2.45) is 0 Å². The summed E-state index contributed by atoms with van der Waals surface area (Å²) in [6, 6.07) is 0. The first-order valence-corrected chi connectivity index (χ1v) is 5.38. The molecule has 5 nitrogen and oxygen atoms in total. The molecule has 1 aromatic rings. The van der Waals surface area contributed by atoms with Crippen molar-refractivity contribution in [3.63, 3.8) is 0 Å². The first-order valence-electron chi connectivity index (χ1n) is 4.62. The number of rotatable bonds is 4. The Kier molecular flexibility index (Phi) is 4.76. The quantitative estimate of drug-likeness (QED) is 0.839. The molecule has 88 valence electrons. The Morgan fingerprint density at radius 3 is 2.81 bits per heavy atom. The van der Waals surface area contributed by atoms with Crippen LogP contribution in [0.5, 0.6) is 0 Å². The lowest BCUT2D eigenvalue weighted by molar-refractivity contribution is -0.128. The Morgan fingerprint density at radius 1 is 1.50 bits per heavy atom. The number of carbonyl (C=O) groups is 1. The largest absolute Gasteiger partial charge is 0.368 e. The van der Waals surface area contributed by atoms with Crippen LogP contribution in [-0.4, -0.2) is 41.4 Å². The minimum absolute atomic E-state index is 0.0313. The van der Waals surface area contributed by atoms with Crippen molar-refractivity contribution in [3.05, 3.63) is 16.5 Å². The minimum atomic E-state index is 0.0313. The molecule has 1 aromatic heterocycles. The maximum absolute atomic E-state index is 11.3. The summed E-state index contributed by atoms with van der Waals surface area (Å²) in [6.45, 7) is 0.448. The summed E-state index contributed by atoms with van der Waals surface area (Å²) in [4.78, 5) is 20.4. The summed E-state index contributed by atoms with van der Waals surface area (Å²) in [6.07, 6.45) is 1.78. The predicted octanol–water partition coefficient (Wildman–Crippen LogP) is 1.67. The van der Waals surface area contributed by atoms with E-state index < -0.39 is 0 Å². The van der Waals surface area contributed by atoms with Crippen molar-refractivity contribution in [2.75, 3.05) is 26.0 Å². The van der Waals surface area contributed by atoms with E-state index in [1.165, 1.54) is 11.1 Å². The van der Waals surface area contributed by atoms with Crippen LogP contribution in [0.4, 0.5) is 5.82 Å². The van der Waals surface area contributed by atoms with E-state index in [2.05, 4.69) is 15.3 Å². The summed E-state index contributed by atoms with van der Waals surface area (Å²) < 4.78 is 0. The zero-order chi connectivity index (χ0) is 12.1. The van der Waals surface area contributed by atoms with Gasteiger partial charge in [0.05, 0.1) is 6.20 Å². The van der Waals surface area contributed by atoms with Gasteiger partial charge in [0.15, 0.2) is 0 Å². The van der Waals surface area contributed by atoms with Gasteiger partial charge in [-0.05, 0) is 11.6 Å². The van der Waals surface area contributed by atoms with Gasteiger partial charge in [0.2, 0.25) is 11.2 Å². The van der Waals surface area contributed by atoms with Crippen molar-refractivity contribution >= 4 is 34.9 Å². The third-order valence-electron chi connectivity index (χ3n) is 1.84. The number of nitrogens with one attached hydrogen (secondary N) is 1. The fourth-order valence-corrected chi connectivity index (χ4v) is 1.27. The summed E-state index contributed by atoms with van der Waals surface area (Å²) in [5.41, 5.74) is 0. The lowest BCUT2D eigenvalue weighted by atomic mass is 10.4. The third-order valence-corrected chi connectivity index (χ3v) is 2.30. The van der Waals surface area contributed by atoms with E-state index >= 15 is 0 Å². The summed E-state index contributed by atoms with van der Waals surface area (Å²) >= 11 is 11.4. The molecule has 7 heteroatoms. The summed E-state index contributed by atoms with van der Waals surface area (Å²) in [5, 5.41) is 3.42. The topological polar surface area (TPSA) is 58.1 Å². The number of amides is 1. The molecule has 16 heavy (non-hydrogen) atoms. The molecule has 0 aliphatic carbocycles. The molecule has 0 aliphatic rings. The van der Waals surface area contributed by atoms with Gasteiger partial charge in [0.1, 0.15) is 10.8 Å². The van der Waals surface area contributed by atoms with Crippen LogP contribution in [0.15, 0.2) is 6.20 Å². The molecule has 1 amide bonds. The molecule has 1 rings (SSSR count). The second-order valence-electron chi connectivity index (χ2n) is 3.30. The highest BCUT2D eigenvalue weighted by Crippen LogP contribution is 2.18. The van der Waals surface area contributed by atoms with Gasteiger partial charge in [-0.3, -0.25) is 4.79 Å². The van der Waals surface area contributed by atoms with Crippen molar-refractivity contribution < 1.29 is 4.79 Å². The highest BCUT2D eigenvalue weighted by Gasteiger charge is 2.06. The Balaban J connectivity index is 2.49. The minimum Gasteiger partial charge on any atom is -0.368 e. The van der Waals surface area contributed by atoms with Crippen LogP contribution in [0.25, 0.3) is 0 Å². The van der Waals surface area contributed by atoms with Gasteiger partial charge in [0.25, 0.3) is 0 Å². The number of anilines is 1. The number of hydrogen-bond acceptors (Lipinski definition) is 4. The number of nitrogens with zero attached hydrogens (tertiary/aromatic N) is 3. The van der Waals surface area contributed by atoms with Crippen molar-refractivity contribution in [1.82, 2.24) is 14.9 Å². The van der Waals surface area contributed by atoms with E-state index in [4.69, 9.17) is 23.2 Å². The van der Waals surface area contributed by atoms with Crippen molar-refractivity contribution in [1.29, 1.82) is 0 Å². The standard InChI is InChI=1S/C9H12Cl2N4O/c1-15(2)7(16)3-4-12-8-6(10)5-13-9(11)14-8/h5H,3-4H2,1-2H3,(H,12,13,14). The van der Waals surface area contributed by atoms with E-state index in [0.717, 1.165) is 0 Å². The first-order chi connectivity index (χ1) is 7.50. The lowest BCUT2D eigenvalue weighted by Crippen LogP contribution is -2.24. The van der Waals surface area contributed by atoms with Crippen LogP contribution in [-0.2, 0) is 4.79 Å². The second kappa shape index (κ2) is 5.86. The molecular formula is C9H12Cl2N4O. The van der Waals surface area contributed by atoms with E-state index in [9.17, 15) is 4.79 Å². The van der Waals surface area contributed by atoms with Crippen LogP contribution < -0.4 is 5.32 Å². The molecule has 0 saturated heterocycles. The van der Waals surface area contributed by atoms with Gasteiger partial charge in [-0.1, -0.05) is 11.6 Å². The van der Waals surface area contributed by atoms with Gasteiger partial charge >= 0.3 is 0 Å². The predicted molar refractivity (Wildman–Crippen MR) is 63.9 cm³/mol. The highest BCUT2D eigenvalue weighted by molar-refractivity contribution is 6.33. The number of hydrogen-bond donors (Lipinski definition) is 1. The van der Waals surface area contributed by atoms with E-state index in [-0.39, 0.29) is 11.2 Å². The molecule has 0 aromatic carbocycles. The van der Waals surface area contributed by atoms with Gasteiger partial charge in [0, 0.05) is 27.1 Å².